The topological polar surface area (TPSA) is 84.7 Å². The maximum Gasteiger partial charge on any atom is 0.311 e. The first-order chi connectivity index (χ1) is 11.0. The fourth-order valence-corrected chi connectivity index (χ4v) is 3.62. The van der Waals surface area contributed by atoms with Gasteiger partial charge in [-0.3, -0.25) is 14.9 Å². The molecule has 1 N–H and O–H groups in total. The molecule has 0 bridgehead atoms. The van der Waals surface area contributed by atoms with Gasteiger partial charge in [0.1, 0.15) is 0 Å². The Kier molecular flexibility index (Phi) is 5.66. The third kappa shape index (κ3) is 3.47. The van der Waals surface area contributed by atoms with Crippen LogP contribution in [-0.2, 0) is 0 Å². The van der Waals surface area contributed by atoms with Crippen LogP contribution in [0.2, 0.25) is 0 Å². The molecule has 2 saturated heterocycles. The van der Waals surface area contributed by atoms with Crippen molar-refractivity contribution in [1.29, 1.82) is 0 Å². The quantitative estimate of drug-likeness (QED) is 0.664. The Morgan fingerprint density at radius 3 is 2.67 bits per heavy atom. The molecular formula is C16H22ClN3O4. The lowest BCUT2D eigenvalue weighted by molar-refractivity contribution is -0.385. The third-order valence-electron chi connectivity index (χ3n) is 5.01. The van der Waals surface area contributed by atoms with E-state index in [1.807, 2.05) is 4.90 Å². The highest BCUT2D eigenvalue weighted by molar-refractivity contribution is 5.95. The molecule has 8 heteroatoms. The molecule has 0 radical (unpaired) electrons. The second kappa shape index (κ2) is 7.36. The van der Waals surface area contributed by atoms with Gasteiger partial charge in [-0.1, -0.05) is 0 Å². The van der Waals surface area contributed by atoms with Gasteiger partial charge in [0.25, 0.3) is 5.91 Å². The van der Waals surface area contributed by atoms with E-state index in [0.29, 0.717) is 5.56 Å². The molecule has 2 aliphatic heterocycles. The highest BCUT2D eigenvalue weighted by atomic mass is 35.5. The second-order valence-electron chi connectivity index (χ2n) is 6.37. The van der Waals surface area contributed by atoms with Crippen LogP contribution in [0, 0.1) is 15.5 Å². The van der Waals surface area contributed by atoms with Crippen molar-refractivity contribution in [2.24, 2.45) is 5.41 Å². The van der Waals surface area contributed by atoms with Gasteiger partial charge in [-0.25, -0.2) is 0 Å². The molecule has 0 aliphatic carbocycles. The molecule has 132 valence electrons. The number of likely N-dealkylation sites (tertiary alicyclic amines) is 1. The van der Waals surface area contributed by atoms with Crippen LogP contribution in [0.3, 0.4) is 0 Å². The second-order valence-corrected chi connectivity index (χ2v) is 6.37. The first-order valence-corrected chi connectivity index (χ1v) is 7.87. The largest absolute Gasteiger partial charge is 0.490 e. The average Bonchev–Trinajstić information content (AvgIpc) is 2.97. The smallest absolute Gasteiger partial charge is 0.311 e. The van der Waals surface area contributed by atoms with Crippen molar-refractivity contribution in [3.8, 4) is 5.75 Å². The molecule has 0 atom stereocenters. The van der Waals surface area contributed by atoms with Crippen LogP contribution in [0.5, 0.6) is 5.75 Å². The summed E-state index contributed by atoms with van der Waals surface area (Å²) in [5.74, 6) is 0.0361. The van der Waals surface area contributed by atoms with E-state index in [0.717, 1.165) is 45.4 Å². The van der Waals surface area contributed by atoms with Crippen LogP contribution in [0.25, 0.3) is 0 Å². The summed E-state index contributed by atoms with van der Waals surface area (Å²) in [6.07, 6.45) is 3.18. The molecule has 0 aromatic heterocycles. The van der Waals surface area contributed by atoms with Crippen molar-refractivity contribution in [3.05, 3.63) is 33.9 Å². The van der Waals surface area contributed by atoms with Crippen molar-refractivity contribution in [3.63, 3.8) is 0 Å². The van der Waals surface area contributed by atoms with Crippen molar-refractivity contribution in [2.75, 3.05) is 33.3 Å². The van der Waals surface area contributed by atoms with E-state index in [9.17, 15) is 14.9 Å². The van der Waals surface area contributed by atoms with Crippen molar-refractivity contribution in [1.82, 2.24) is 10.2 Å². The zero-order valence-electron chi connectivity index (χ0n) is 13.6. The number of carbonyl (C=O) groups is 1. The highest BCUT2D eigenvalue weighted by Gasteiger charge is 2.40. The molecule has 1 aromatic rings. The Labute approximate surface area is 146 Å². The number of nitrogens with zero attached hydrogens (tertiary/aromatic N) is 2. The zero-order valence-corrected chi connectivity index (χ0v) is 14.4. The Morgan fingerprint density at radius 1 is 1.33 bits per heavy atom. The van der Waals surface area contributed by atoms with Gasteiger partial charge in [0.15, 0.2) is 5.75 Å². The molecule has 24 heavy (non-hydrogen) atoms. The maximum atomic E-state index is 12.7. The maximum absolute atomic E-state index is 12.7. The molecule has 1 aromatic carbocycles. The van der Waals surface area contributed by atoms with E-state index in [2.05, 4.69) is 5.32 Å². The van der Waals surface area contributed by atoms with E-state index >= 15 is 0 Å². The predicted molar refractivity (Wildman–Crippen MR) is 92.0 cm³/mol. The minimum atomic E-state index is -0.520. The van der Waals surface area contributed by atoms with Gasteiger partial charge >= 0.3 is 5.69 Å². The molecule has 3 rings (SSSR count). The minimum Gasteiger partial charge on any atom is -0.490 e. The number of halogens is 1. The number of carbonyl (C=O) groups excluding carboxylic acids is 1. The molecule has 1 spiro atoms. The van der Waals surface area contributed by atoms with Crippen LogP contribution in [0.15, 0.2) is 18.2 Å². The normalized spacial score (nSPS) is 19.0. The van der Waals surface area contributed by atoms with Crippen LogP contribution in [0.4, 0.5) is 5.69 Å². The van der Waals surface area contributed by atoms with Crippen molar-refractivity contribution < 1.29 is 14.5 Å². The fraction of sp³-hybridized carbons (Fsp3) is 0.562. The summed E-state index contributed by atoms with van der Waals surface area (Å²) in [5, 5.41) is 14.5. The number of ether oxygens (including phenoxy) is 1. The standard InChI is InChI=1S/C16H21N3O4.ClH/c1-23-14-3-2-12(10-13(14)19(21)22)15(20)18-9-6-16(11-18)4-7-17-8-5-16;/h2-3,10,17H,4-9,11H2,1H3;1H. The van der Waals surface area contributed by atoms with Crippen molar-refractivity contribution in [2.45, 2.75) is 19.3 Å². The first-order valence-electron chi connectivity index (χ1n) is 7.87. The number of hydrogen-bond donors (Lipinski definition) is 1. The summed E-state index contributed by atoms with van der Waals surface area (Å²) in [4.78, 5) is 25.1. The summed E-state index contributed by atoms with van der Waals surface area (Å²) in [6.45, 7) is 3.46. The Bertz CT molecular complexity index is 632. The lowest BCUT2D eigenvalue weighted by Gasteiger charge is -2.33. The summed E-state index contributed by atoms with van der Waals surface area (Å²) in [5.41, 5.74) is 0.400. The van der Waals surface area contributed by atoms with Gasteiger partial charge in [-0.2, -0.15) is 0 Å². The number of nitro benzene ring substituents is 1. The average molecular weight is 356 g/mol. The van der Waals surface area contributed by atoms with Crippen LogP contribution < -0.4 is 10.1 Å². The molecule has 1 amide bonds. The van der Waals surface area contributed by atoms with E-state index in [1.165, 1.54) is 19.2 Å². The molecule has 0 saturated carbocycles. The number of nitro groups is 1. The lowest BCUT2D eigenvalue weighted by Crippen LogP contribution is -2.39. The minimum absolute atomic E-state index is 0. The summed E-state index contributed by atoms with van der Waals surface area (Å²) < 4.78 is 4.98. The molecule has 2 aliphatic rings. The molecule has 2 fully saturated rings. The van der Waals surface area contributed by atoms with E-state index < -0.39 is 4.92 Å². The Hall–Kier alpha value is -1.86. The van der Waals surface area contributed by atoms with Gasteiger partial charge < -0.3 is 15.0 Å². The van der Waals surface area contributed by atoms with Gasteiger partial charge in [0.2, 0.25) is 0 Å². The summed E-state index contributed by atoms with van der Waals surface area (Å²) in [7, 11) is 1.38. The van der Waals surface area contributed by atoms with Crippen LogP contribution in [0.1, 0.15) is 29.6 Å². The monoisotopic (exact) mass is 355 g/mol. The van der Waals surface area contributed by atoms with Gasteiger partial charge in [-0.05, 0) is 49.9 Å². The van der Waals surface area contributed by atoms with Gasteiger partial charge in [0, 0.05) is 24.7 Å². The van der Waals surface area contributed by atoms with Gasteiger partial charge in [-0.15, -0.1) is 12.4 Å². The highest BCUT2D eigenvalue weighted by Crippen LogP contribution is 2.39. The summed E-state index contributed by atoms with van der Waals surface area (Å²) >= 11 is 0. The molecule has 2 heterocycles. The van der Waals surface area contributed by atoms with Crippen LogP contribution in [-0.4, -0.2) is 49.0 Å². The number of hydrogen-bond acceptors (Lipinski definition) is 5. The Balaban J connectivity index is 0.00000208. The number of rotatable bonds is 3. The van der Waals surface area contributed by atoms with E-state index in [-0.39, 0.29) is 35.2 Å². The fourth-order valence-electron chi connectivity index (χ4n) is 3.62. The first kappa shape index (κ1) is 18.5. The SMILES string of the molecule is COc1ccc(C(=O)N2CCC3(CCNCC3)C2)cc1[N+](=O)[O-].Cl. The molecule has 0 unspecified atom stereocenters. The van der Waals surface area contributed by atoms with Crippen LogP contribution >= 0.6 is 12.4 Å². The third-order valence-corrected chi connectivity index (χ3v) is 5.01. The number of nitrogens with one attached hydrogen (secondary N) is 1. The number of methoxy groups -OCH3 is 1. The molecule has 7 nitrogen and oxygen atoms in total. The van der Waals surface area contributed by atoms with Gasteiger partial charge in [0.05, 0.1) is 12.0 Å². The lowest BCUT2D eigenvalue weighted by atomic mass is 9.78. The molecular weight excluding hydrogens is 334 g/mol. The number of piperidine rings is 1. The van der Waals surface area contributed by atoms with Crippen molar-refractivity contribution >= 4 is 24.0 Å². The van der Waals surface area contributed by atoms with E-state index in [1.54, 1.807) is 6.07 Å². The summed E-state index contributed by atoms with van der Waals surface area (Å²) in [6, 6.07) is 4.40. The number of amides is 1. The zero-order chi connectivity index (χ0) is 16.4. The Morgan fingerprint density at radius 2 is 2.04 bits per heavy atom. The number of benzene rings is 1. The van der Waals surface area contributed by atoms with E-state index in [4.69, 9.17) is 4.74 Å². The predicted octanol–water partition coefficient (Wildman–Crippen LogP) is 2.24.